The van der Waals surface area contributed by atoms with E-state index in [0.717, 1.165) is 44.0 Å². The van der Waals surface area contributed by atoms with Crippen molar-refractivity contribution in [2.45, 2.75) is 31.5 Å². The summed E-state index contributed by atoms with van der Waals surface area (Å²) in [5.74, 6) is -0.851. The normalized spacial score (nSPS) is 19.3. The molecule has 2 rings (SSSR count). The number of carbonyl (C=O) groups is 1. The van der Waals surface area contributed by atoms with Crippen LogP contribution in [0, 0.1) is 0 Å². The molecular formula is C14H17F3N2O2. The van der Waals surface area contributed by atoms with Gasteiger partial charge in [-0.05, 0) is 37.6 Å². The van der Waals surface area contributed by atoms with Gasteiger partial charge in [-0.25, -0.2) is 0 Å². The van der Waals surface area contributed by atoms with Crippen molar-refractivity contribution in [2.75, 3.05) is 13.2 Å². The van der Waals surface area contributed by atoms with Crippen molar-refractivity contribution in [3.05, 3.63) is 29.3 Å². The highest BCUT2D eigenvalue weighted by Crippen LogP contribution is 2.32. The largest absolute Gasteiger partial charge is 0.491 e. The number of piperidine rings is 1. The van der Waals surface area contributed by atoms with E-state index in [2.05, 4.69) is 5.32 Å². The third-order valence-electron chi connectivity index (χ3n) is 3.42. The molecule has 4 nitrogen and oxygen atoms in total. The average molecular weight is 302 g/mol. The summed E-state index contributed by atoms with van der Waals surface area (Å²) in [6.45, 7) is 1.19. The van der Waals surface area contributed by atoms with Gasteiger partial charge in [-0.2, -0.15) is 13.2 Å². The van der Waals surface area contributed by atoms with E-state index < -0.39 is 17.6 Å². The number of alkyl halides is 3. The molecule has 1 saturated heterocycles. The van der Waals surface area contributed by atoms with Gasteiger partial charge in [0.2, 0.25) is 0 Å². The van der Waals surface area contributed by atoms with Crippen LogP contribution in [0.3, 0.4) is 0 Å². The molecule has 1 aliphatic heterocycles. The van der Waals surface area contributed by atoms with E-state index in [-0.39, 0.29) is 17.4 Å². The van der Waals surface area contributed by atoms with Crippen LogP contribution in [-0.2, 0) is 6.18 Å². The summed E-state index contributed by atoms with van der Waals surface area (Å²) >= 11 is 0. The second-order valence-electron chi connectivity index (χ2n) is 5.03. The predicted molar refractivity (Wildman–Crippen MR) is 71.1 cm³/mol. The Balaban J connectivity index is 2.12. The van der Waals surface area contributed by atoms with Gasteiger partial charge in [0.1, 0.15) is 12.4 Å². The smallest absolute Gasteiger partial charge is 0.416 e. The van der Waals surface area contributed by atoms with Crippen molar-refractivity contribution in [1.29, 1.82) is 0 Å². The van der Waals surface area contributed by atoms with E-state index in [4.69, 9.17) is 10.5 Å². The molecule has 0 saturated carbocycles. The molecule has 0 unspecified atom stereocenters. The van der Waals surface area contributed by atoms with Crippen molar-refractivity contribution in [3.63, 3.8) is 0 Å². The minimum atomic E-state index is -4.52. The number of nitrogens with one attached hydrogen (secondary N) is 1. The maximum atomic E-state index is 12.6. The van der Waals surface area contributed by atoms with Crippen molar-refractivity contribution in [3.8, 4) is 5.75 Å². The first kappa shape index (κ1) is 15.6. The van der Waals surface area contributed by atoms with E-state index in [1.54, 1.807) is 0 Å². The molecule has 3 N–H and O–H groups in total. The molecule has 1 amide bonds. The summed E-state index contributed by atoms with van der Waals surface area (Å²) in [6.07, 6.45) is -1.40. The van der Waals surface area contributed by atoms with Gasteiger partial charge in [-0.3, -0.25) is 4.79 Å². The van der Waals surface area contributed by atoms with Crippen LogP contribution in [0.2, 0.25) is 0 Å². The van der Waals surface area contributed by atoms with Gasteiger partial charge in [0.25, 0.3) is 5.91 Å². The fourth-order valence-electron chi connectivity index (χ4n) is 2.28. The molecule has 1 aromatic carbocycles. The van der Waals surface area contributed by atoms with Crippen LogP contribution >= 0.6 is 0 Å². The number of hydrogen-bond donors (Lipinski definition) is 2. The zero-order chi connectivity index (χ0) is 15.5. The molecular weight excluding hydrogens is 285 g/mol. The third kappa shape index (κ3) is 4.10. The number of nitrogens with two attached hydrogens (primary N) is 1. The van der Waals surface area contributed by atoms with Gasteiger partial charge in [-0.15, -0.1) is 0 Å². The number of rotatable bonds is 4. The molecule has 21 heavy (non-hydrogen) atoms. The Hall–Kier alpha value is -1.76. The quantitative estimate of drug-likeness (QED) is 0.897. The maximum Gasteiger partial charge on any atom is 0.416 e. The highest BCUT2D eigenvalue weighted by atomic mass is 19.4. The van der Waals surface area contributed by atoms with E-state index in [9.17, 15) is 18.0 Å². The Labute approximate surface area is 120 Å². The zero-order valence-corrected chi connectivity index (χ0v) is 11.4. The van der Waals surface area contributed by atoms with Gasteiger partial charge < -0.3 is 15.8 Å². The van der Waals surface area contributed by atoms with Crippen LogP contribution in [0.1, 0.15) is 35.2 Å². The molecule has 0 spiro atoms. The molecule has 1 atom stereocenters. The van der Waals surface area contributed by atoms with E-state index in [1.165, 1.54) is 0 Å². The fraction of sp³-hybridized carbons (Fsp3) is 0.500. The van der Waals surface area contributed by atoms with E-state index in [1.807, 2.05) is 0 Å². The van der Waals surface area contributed by atoms with Crippen LogP contribution in [0.4, 0.5) is 13.2 Å². The Kier molecular flexibility index (Phi) is 4.72. The SMILES string of the molecule is NC(=O)c1cc(C(F)(F)F)ccc1OC[C@H]1CCCCN1. The van der Waals surface area contributed by atoms with E-state index in [0.29, 0.717) is 6.61 Å². The molecule has 7 heteroatoms. The number of ether oxygens (including phenoxy) is 1. The standard InChI is InChI=1S/C14H17F3N2O2/c15-14(16,17)9-4-5-12(11(7-9)13(18)20)21-8-10-3-1-2-6-19-10/h4-5,7,10,19H,1-3,6,8H2,(H2,18,20)/t10-/m1/s1. The van der Waals surface area contributed by atoms with Crippen LogP contribution < -0.4 is 15.8 Å². The molecule has 0 radical (unpaired) electrons. The summed E-state index contributed by atoms with van der Waals surface area (Å²) in [6, 6.07) is 2.90. The number of halogens is 3. The number of benzene rings is 1. The lowest BCUT2D eigenvalue weighted by molar-refractivity contribution is -0.137. The average Bonchev–Trinajstić information content (AvgIpc) is 2.45. The third-order valence-corrected chi connectivity index (χ3v) is 3.42. The van der Waals surface area contributed by atoms with Crippen LogP contribution in [0.15, 0.2) is 18.2 Å². The van der Waals surface area contributed by atoms with Crippen molar-refractivity contribution in [2.24, 2.45) is 5.73 Å². The highest BCUT2D eigenvalue weighted by Gasteiger charge is 2.31. The summed E-state index contributed by atoms with van der Waals surface area (Å²) in [4.78, 5) is 11.3. The van der Waals surface area contributed by atoms with Crippen LogP contribution in [0.5, 0.6) is 5.75 Å². The van der Waals surface area contributed by atoms with Gasteiger partial charge >= 0.3 is 6.18 Å². The minimum Gasteiger partial charge on any atom is -0.491 e. The first-order chi connectivity index (χ1) is 9.88. The Morgan fingerprint density at radius 1 is 1.38 bits per heavy atom. The molecule has 1 aromatic rings. The molecule has 1 aliphatic rings. The zero-order valence-electron chi connectivity index (χ0n) is 11.4. The van der Waals surface area contributed by atoms with E-state index >= 15 is 0 Å². The number of carbonyl (C=O) groups excluding carboxylic acids is 1. The van der Waals surface area contributed by atoms with Gasteiger partial charge in [-0.1, -0.05) is 6.42 Å². The van der Waals surface area contributed by atoms with Gasteiger partial charge in [0.15, 0.2) is 0 Å². The van der Waals surface area contributed by atoms with Crippen LogP contribution in [-0.4, -0.2) is 25.1 Å². The monoisotopic (exact) mass is 302 g/mol. The lowest BCUT2D eigenvalue weighted by Gasteiger charge is -2.24. The first-order valence-electron chi connectivity index (χ1n) is 6.75. The summed E-state index contributed by atoms with van der Waals surface area (Å²) in [5.41, 5.74) is 3.97. The number of hydrogen-bond acceptors (Lipinski definition) is 3. The summed E-state index contributed by atoms with van der Waals surface area (Å²) < 4.78 is 43.4. The minimum absolute atomic E-state index is 0.0860. The number of amides is 1. The molecule has 116 valence electrons. The predicted octanol–water partition coefficient (Wildman–Crippen LogP) is 2.33. The number of primary amides is 1. The van der Waals surface area contributed by atoms with Gasteiger partial charge in [0, 0.05) is 6.04 Å². The van der Waals surface area contributed by atoms with Gasteiger partial charge in [0.05, 0.1) is 11.1 Å². The fourth-order valence-corrected chi connectivity index (χ4v) is 2.28. The van der Waals surface area contributed by atoms with Crippen molar-refractivity contribution >= 4 is 5.91 Å². The maximum absolute atomic E-state index is 12.6. The molecule has 0 aromatic heterocycles. The molecule has 0 bridgehead atoms. The molecule has 1 heterocycles. The highest BCUT2D eigenvalue weighted by molar-refractivity contribution is 5.95. The Morgan fingerprint density at radius 3 is 2.71 bits per heavy atom. The lowest BCUT2D eigenvalue weighted by Crippen LogP contribution is -2.38. The Bertz CT molecular complexity index is 511. The van der Waals surface area contributed by atoms with Crippen molar-refractivity contribution < 1.29 is 22.7 Å². The molecule has 1 fully saturated rings. The summed E-state index contributed by atoms with van der Waals surface area (Å²) in [7, 11) is 0. The topological polar surface area (TPSA) is 64.4 Å². The van der Waals surface area contributed by atoms with Crippen molar-refractivity contribution in [1.82, 2.24) is 5.32 Å². The Morgan fingerprint density at radius 2 is 2.14 bits per heavy atom. The first-order valence-corrected chi connectivity index (χ1v) is 6.75. The second-order valence-corrected chi connectivity index (χ2v) is 5.03. The molecule has 0 aliphatic carbocycles. The second kappa shape index (κ2) is 6.34. The summed E-state index contributed by atoms with van der Waals surface area (Å²) in [5, 5.41) is 3.25. The van der Waals surface area contributed by atoms with Crippen LogP contribution in [0.25, 0.3) is 0 Å². The lowest BCUT2D eigenvalue weighted by atomic mass is 10.1.